The number of rotatable bonds is 10. The van der Waals surface area contributed by atoms with Crippen LogP contribution in [-0.4, -0.2) is 33.9 Å². The van der Waals surface area contributed by atoms with Crippen LogP contribution < -0.4 is 22.1 Å². The second-order valence-electron chi connectivity index (χ2n) is 7.22. The van der Waals surface area contributed by atoms with Crippen LogP contribution in [0.1, 0.15) is 32.8 Å². The van der Waals surface area contributed by atoms with E-state index >= 15 is 0 Å². The Morgan fingerprint density at radius 3 is 2.70 bits per heavy atom. The third kappa shape index (κ3) is 6.31. The normalized spacial score (nSPS) is 13.0. The Hall–Kier alpha value is -3.39. The highest BCUT2D eigenvalue weighted by atomic mass is 16.3. The van der Waals surface area contributed by atoms with Crippen molar-refractivity contribution in [1.82, 2.24) is 15.3 Å². The zero-order chi connectivity index (χ0) is 22.1. The van der Waals surface area contributed by atoms with Crippen LogP contribution in [0.15, 0.2) is 54.3 Å². The van der Waals surface area contributed by atoms with Gasteiger partial charge in [0.15, 0.2) is 0 Å². The first-order valence-corrected chi connectivity index (χ1v) is 9.88. The molecule has 0 unspecified atom stereocenters. The van der Waals surface area contributed by atoms with Gasteiger partial charge in [0, 0.05) is 42.4 Å². The number of aromatic nitrogens is 2. The van der Waals surface area contributed by atoms with Crippen molar-refractivity contribution in [2.75, 3.05) is 18.5 Å². The van der Waals surface area contributed by atoms with Gasteiger partial charge in [0.2, 0.25) is 0 Å². The lowest BCUT2D eigenvalue weighted by Gasteiger charge is -2.11. The predicted molar refractivity (Wildman–Crippen MR) is 124 cm³/mol. The Kier molecular flexibility index (Phi) is 8.37. The van der Waals surface area contributed by atoms with Crippen LogP contribution in [0.2, 0.25) is 0 Å². The monoisotopic (exact) mass is 409 g/mol. The summed E-state index contributed by atoms with van der Waals surface area (Å²) in [6, 6.07) is 5.57. The number of hydrogen-bond acceptors (Lipinski definition) is 8. The van der Waals surface area contributed by atoms with Crippen molar-refractivity contribution < 1.29 is 5.11 Å². The molecule has 0 radical (unpaired) electrons. The van der Waals surface area contributed by atoms with E-state index in [0.717, 1.165) is 22.2 Å². The Labute approximate surface area is 177 Å². The van der Waals surface area contributed by atoms with Crippen LogP contribution in [0.3, 0.4) is 0 Å². The van der Waals surface area contributed by atoms with Gasteiger partial charge in [-0.1, -0.05) is 13.8 Å². The Bertz CT molecular complexity index is 977. The first-order valence-electron chi connectivity index (χ1n) is 9.88. The van der Waals surface area contributed by atoms with Gasteiger partial charge in [-0.3, -0.25) is 4.98 Å². The quantitative estimate of drug-likeness (QED) is 0.201. The minimum atomic E-state index is 0.119. The van der Waals surface area contributed by atoms with Crippen molar-refractivity contribution in [2.45, 2.75) is 27.2 Å². The highest BCUT2D eigenvalue weighted by Crippen LogP contribution is 2.21. The van der Waals surface area contributed by atoms with E-state index < -0.39 is 0 Å². The van der Waals surface area contributed by atoms with E-state index in [1.165, 1.54) is 0 Å². The molecule has 0 fully saturated rings. The molecule has 8 nitrogen and oxygen atoms in total. The molecule has 30 heavy (non-hydrogen) atoms. The molecule has 8 heteroatoms. The van der Waals surface area contributed by atoms with Crippen LogP contribution in [0, 0.1) is 11.3 Å². The summed E-state index contributed by atoms with van der Waals surface area (Å²) in [6.07, 6.45) is 7.48. The number of aliphatic hydroxyl groups excluding tert-OH is 1. The maximum absolute atomic E-state index is 8.90. The van der Waals surface area contributed by atoms with Crippen molar-refractivity contribution in [3.63, 3.8) is 0 Å². The molecule has 8 N–H and O–H groups in total. The second kappa shape index (κ2) is 11.0. The van der Waals surface area contributed by atoms with Gasteiger partial charge < -0.3 is 32.6 Å². The molecule has 0 aliphatic carbocycles. The van der Waals surface area contributed by atoms with Crippen LogP contribution >= 0.6 is 0 Å². The smallest absolute Gasteiger partial charge is 0.132 e. The third-order valence-electron chi connectivity index (χ3n) is 4.43. The van der Waals surface area contributed by atoms with Crippen LogP contribution in [0.25, 0.3) is 16.6 Å². The fourth-order valence-electron chi connectivity index (χ4n) is 2.76. The molecule has 2 aromatic heterocycles. The standard InChI is InChI=1S/C22H31N7O/c1-14(2)16(11-23)10-21(25)29-22-6-5-19-20(28-22)9-17(12-27-19)18(15(3)24)13-26-7-4-8-30/h5-6,9-14,24,26,30H,4,7-8,23,25H2,1-3H3,(H,28,29)/b16-11+,18-13+,21-10+,24-15?. The second-order valence-corrected chi connectivity index (χ2v) is 7.22. The Morgan fingerprint density at radius 1 is 1.30 bits per heavy atom. The van der Waals surface area contributed by atoms with Gasteiger partial charge in [-0.2, -0.15) is 0 Å². The minimum Gasteiger partial charge on any atom is -0.404 e. The van der Waals surface area contributed by atoms with E-state index in [2.05, 4.69) is 20.6 Å². The average molecular weight is 410 g/mol. The molecule has 0 spiro atoms. The van der Waals surface area contributed by atoms with Gasteiger partial charge in [0.25, 0.3) is 0 Å². The van der Waals surface area contributed by atoms with Gasteiger partial charge >= 0.3 is 0 Å². The SMILES string of the molecule is CC(=N)/C(=C\NCCCO)c1cnc2ccc(N/C(N)=C/C(=C\N)C(C)C)nc2c1. The number of aliphatic hydroxyl groups is 1. The number of nitrogens with zero attached hydrogens (tertiary/aromatic N) is 2. The number of allylic oxidation sites excluding steroid dienone is 3. The summed E-state index contributed by atoms with van der Waals surface area (Å²) in [6.45, 7) is 6.55. The molecule has 2 rings (SSSR count). The minimum absolute atomic E-state index is 0.119. The summed E-state index contributed by atoms with van der Waals surface area (Å²) in [5, 5.41) is 23.2. The lowest BCUT2D eigenvalue weighted by atomic mass is 10.0. The summed E-state index contributed by atoms with van der Waals surface area (Å²) in [5.41, 5.74) is 16.0. The zero-order valence-electron chi connectivity index (χ0n) is 17.7. The molecule has 0 aromatic carbocycles. The summed E-state index contributed by atoms with van der Waals surface area (Å²) in [4.78, 5) is 9.08. The fourth-order valence-corrected chi connectivity index (χ4v) is 2.76. The van der Waals surface area contributed by atoms with Crippen molar-refractivity contribution >= 4 is 28.1 Å². The van der Waals surface area contributed by atoms with E-state index in [1.54, 1.807) is 31.6 Å². The lowest BCUT2D eigenvalue weighted by Crippen LogP contribution is -2.12. The molecule has 2 heterocycles. The highest BCUT2D eigenvalue weighted by molar-refractivity contribution is 6.21. The third-order valence-corrected chi connectivity index (χ3v) is 4.43. The number of nitrogens with one attached hydrogen (secondary N) is 3. The average Bonchev–Trinajstić information content (AvgIpc) is 2.71. The molecule has 0 bridgehead atoms. The van der Waals surface area contributed by atoms with Crippen molar-refractivity contribution in [1.29, 1.82) is 5.41 Å². The van der Waals surface area contributed by atoms with Crippen molar-refractivity contribution in [2.24, 2.45) is 17.4 Å². The maximum Gasteiger partial charge on any atom is 0.132 e. The van der Waals surface area contributed by atoms with E-state index in [-0.39, 0.29) is 12.5 Å². The largest absolute Gasteiger partial charge is 0.404 e. The predicted octanol–water partition coefficient (Wildman–Crippen LogP) is 2.69. The number of fused-ring (bicyclic) bond motifs is 1. The van der Waals surface area contributed by atoms with Crippen LogP contribution in [0.5, 0.6) is 0 Å². The van der Waals surface area contributed by atoms with Gasteiger partial charge in [-0.05, 0) is 55.3 Å². The van der Waals surface area contributed by atoms with Gasteiger partial charge in [0.1, 0.15) is 11.6 Å². The first-order chi connectivity index (χ1) is 14.3. The number of nitrogens with two attached hydrogens (primary N) is 2. The number of anilines is 1. The van der Waals surface area contributed by atoms with Crippen molar-refractivity contribution in [3.05, 3.63) is 59.8 Å². The number of pyridine rings is 2. The van der Waals surface area contributed by atoms with Crippen LogP contribution in [0.4, 0.5) is 5.82 Å². The van der Waals surface area contributed by atoms with Gasteiger partial charge in [-0.25, -0.2) is 4.98 Å². The molecule has 160 valence electrons. The van der Waals surface area contributed by atoms with E-state index in [1.807, 2.05) is 32.0 Å². The van der Waals surface area contributed by atoms with Gasteiger partial charge in [-0.15, -0.1) is 0 Å². The summed E-state index contributed by atoms with van der Waals surface area (Å²) in [7, 11) is 0. The Morgan fingerprint density at radius 2 is 2.07 bits per heavy atom. The summed E-state index contributed by atoms with van der Waals surface area (Å²) < 4.78 is 0. The maximum atomic E-state index is 8.90. The molecular formula is C22H31N7O. The van der Waals surface area contributed by atoms with Crippen LogP contribution in [-0.2, 0) is 0 Å². The lowest BCUT2D eigenvalue weighted by molar-refractivity contribution is 0.288. The first kappa shape index (κ1) is 22.9. The molecule has 0 aliphatic heterocycles. The summed E-state index contributed by atoms with van der Waals surface area (Å²) >= 11 is 0. The van der Waals surface area contributed by atoms with E-state index in [4.69, 9.17) is 22.0 Å². The molecular weight excluding hydrogens is 378 g/mol. The molecule has 0 saturated heterocycles. The molecule has 0 saturated carbocycles. The zero-order valence-corrected chi connectivity index (χ0v) is 17.7. The summed E-state index contributed by atoms with van der Waals surface area (Å²) in [5.74, 6) is 1.29. The molecule has 2 aromatic rings. The topological polar surface area (TPSA) is 146 Å². The molecule has 0 amide bonds. The molecule has 0 atom stereocenters. The molecule has 0 aliphatic rings. The van der Waals surface area contributed by atoms with E-state index in [9.17, 15) is 0 Å². The Balaban J connectivity index is 2.31. The van der Waals surface area contributed by atoms with E-state index in [0.29, 0.717) is 35.8 Å². The van der Waals surface area contributed by atoms with Crippen molar-refractivity contribution in [3.8, 4) is 0 Å². The van der Waals surface area contributed by atoms with Gasteiger partial charge in [0.05, 0.1) is 11.0 Å². The highest BCUT2D eigenvalue weighted by Gasteiger charge is 2.08. The fraction of sp³-hybridized carbons (Fsp3) is 0.318. The number of hydrogen-bond donors (Lipinski definition) is 6.